The summed E-state index contributed by atoms with van der Waals surface area (Å²) in [5.41, 5.74) is 1.16. The Kier molecular flexibility index (Phi) is 5.30. The molecule has 1 aromatic carbocycles. The van der Waals surface area contributed by atoms with E-state index in [1.807, 2.05) is 19.1 Å². The van der Waals surface area contributed by atoms with Gasteiger partial charge in [-0.1, -0.05) is 12.1 Å². The second-order valence-electron chi connectivity index (χ2n) is 4.17. The van der Waals surface area contributed by atoms with Crippen molar-refractivity contribution in [3.8, 4) is 11.5 Å². The van der Waals surface area contributed by atoms with E-state index in [-0.39, 0.29) is 0 Å². The minimum absolute atomic E-state index is 0.633. The summed E-state index contributed by atoms with van der Waals surface area (Å²) in [6.07, 6.45) is 1.03. The Labute approximate surface area is 108 Å². The van der Waals surface area contributed by atoms with E-state index in [0.29, 0.717) is 13.2 Å². The highest BCUT2D eigenvalue weighted by molar-refractivity contribution is 5.47. The maximum atomic E-state index is 5.66. The van der Waals surface area contributed by atoms with E-state index in [2.05, 4.69) is 11.4 Å². The first-order valence-electron chi connectivity index (χ1n) is 6.57. The van der Waals surface area contributed by atoms with E-state index >= 15 is 0 Å². The molecular formula is C14H21NO3. The van der Waals surface area contributed by atoms with Crippen molar-refractivity contribution in [1.29, 1.82) is 0 Å². The molecule has 0 radical (unpaired) electrons. The standard InChI is InChI=1S/C14H21NO3/c1-2-16-8-4-7-15-11-12-5-3-6-13-14(12)18-10-9-17-13/h3,5-6,15H,2,4,7-11H2,1H3. The number of fused-ring (bicyclic) bond motifs is 1. The Balaban J connectivity index is 1.79. The van der Waals surface area contributed by atoms with Gasteiger partial charge in [-0.2, -0.15) is 0 Å². The molecule has 2 rings (SSSR count). The predicted octanol–water partition coefficient (Wildman–Crippen LogP) is 1.97. The molecule has 0 saturated heterocycles. The fourth-order valence-corrected chi connectivity index (χ4v) is 1.94. The number of hydrogen-bond acceptors (Lipinski definition) is 4. The molecule has 0 saturated carbocycles. The van der Waals surface area contributed by atoms with Crippen molar-refractivity contribution in [2.24, 2.45) is 0 Å². The maximum Gasteiger partial charge on any atom is 0.165 e. The van der Waals surface area contributed by atoms with Crippen molar-refractivity contribution in [3.63, 3.8) is 0 Å². The first kappa shape index (κ1) is 13.2. The molecule has 0 spiro atoms. The van der Waals surface area contributed by atoms with Crippen LogP contribution in [0, 0.1) is 0 Å². The van der Waals surface area contributed by atoms with Gasteiger partial charge in [-0.05, 0) is 26.0 Å². The van der Waals surface area contributed by atoms with E-state index in [1.165, 1.54) is 0 Å². The molecule has 0 bridgehead atoms. The van der Waals surface area contributed by atoms with Crippen molar-refractivity contribution in [1.82, 2.24) is 5.32 Å². The lowest BCUT2D eigenvalue weighted by Gasteiger charge is -2.21. The number of hydrogen-bond donors (Lipinski definition) is 1. The molecule has 18 heavy (non-hydrogen) atoms. The van der Waals surface area contributed by atoms with E-state index in [4.69, 9.17) is 14.2 Å². The Morgan fingerprint density at radius 1 is 1.28 bits per heavy atom. The van der Waals surface area contributed by atoms with Crippen LogP contribution in [0.4, 0.5) is 0 Å². The Bertz CT molecular complexity index is 368. The van der Waals surface area contributed by atoms with Crippen LogP contribution in [-0.4, -0.2) is 33.0 Å². The molecule has 4 nitrogen and oxygen atoms in total. The first-order chi connectivity index (χ1) is 8.92. The highest BCUT2D eigenvalue weighted by Gasteiger charge is 2.14. The van der Waals surface area contributed by atoms with Gasteiger partial charge in [0.25, 0.3) is 0 Å². The zero-order valence-electron chi connectivity index (χ0n) is 10.9. The first-order valence-corrected chi connectivity index (χ1v) is 6.57. The average molecular weight is 251 g/mol. The molecule has 1 aromatic rings. The van der Waals surface area contributed by atoms with Crippen LogP contribution in [0.15, 0.2) is 18.2 Å². The van der Waals surface area contributed by atoms with Crippen molar-refractivity contribution in [2.45, 2.75) is 19.9 Å². The molecule has 0 aromatic heterocycles. The average Bonchev–Trinajstić information content (AvgIpc) is 2.43. The van der Waals surface area contributed by atoms with Crippen LogP contribution in [0.5, 0.6) is 11.5 Å². The van der Waals surface area contributed by atoms with Crippen LogP contribution in [0.1, 0.15) is 18.9 Å². The van der Waals surface area contributed by atoms with E-state index in [9.17, 15) is 0 Å². The molecule has 0 fully saturated rings. The van der Waals surface area contributed by atoms with Gasteiger partial charge in [0, 0.05) is 25.3 Å². The third-order valence-corrected chi connectivity index (χ3v) is 2.81. The SMILES string of the molecule is CCOCCCNCc1cccc2c1OCCO2. The lowest BCUT2D eigenvalue weighted by Crippen LogP contribution is -2.20. The zero-order chi connectivity index (χ0) is 12.6. The number of para-hydroxylation sites is 1. The summed E-state index contributed by atoms with van der Waals surface area (Å²) in [7, 11) is 0. The quantitative estimate of drug-likeness (QED) is 0.752. The predicted molar refractivity (Wildman–Crippen MR) is 70.2 cm³/mol. The van der Waals surface area contributed by atoms with Gasteiger partial charge in [-0.15, -0.1) is 0 Å². The number of ether oxygens (including phenoxy) is 3. The van der Waals surface area contributed by atoms with Crippen molar-refractivity contribution in [3.05, 3.63) is 23.8 Å². The normalized spacial score (nSPS) is 13.6. The van der Waals surface area contributed by atoms with Crippen molar-refractivity contribution >= 4 is 0 Å². The van der Waals surface area contributed by atoms with Gasteiger partial charge in [-0.25, -0.2) is 0 Å². The largest absolute Gasteiger partial charge is 0.486 e. The molecular weight excluding hydrogens is 230 g/mol. The topological polar surface area (TPSA) is 39.7 Å². The lowest BCUT2D eigenvalue weighted by atomic mass is 10.1. The number of rotatable bonds is 7. The third-order valence-electron chi connectivity index (χ3n) is 2.81. The van der Waals surface area contributed by atoms with Crippen LogP contribution < -0.4 is 14.8 Å². The Morgan fingerprint density at radius 2 is 2.17 bits per heavy atom. The van der Waals surface area contributed by atoms with E-state index < -0.39 is 0 Å². The van der Waals surface area contributed by atoms with Crippen LogP contribution in [-0.2, 0) is 11.3 Å². The molecule has 1 aliphatic rings. The fourth-order valence-electron chi connectivity index (χ4n) is 1.94. The third kappa shape index (κ3) is 3.62. The van der Waals surface area contributed by atoms with Crippen LogP contribution in [0.25, 0.3) is 0 Å². The van der Waals surface area contributed by atoms with Gasteiger partial charge >= 0.3 is 0 Å². The lowest BCUT2D eigenvalue weighted by molar-refractivity contribution is 0.144. The summed E-state index contributed by atoms with van der Waals surface area (Å²) in [5, 5.41) is 3.40. The summed E-state index contributed by atoms with van der Waals surface area (Å²) in [5.74, 6) is 1.75. The number of nitrogens with one attached hydrogen (secondary N) is 1. The molecule has 100 valence electrons. The molecule has 0 amide bonds. The summed E-state index contributed by atoms with van der Waals surface area (Å²) >= 11 is 0. The minimum Gasteiger partial charge on any atom is -0.486 e. The fraction of sp³-hybridized carbons (Fsp3) is 0.571. The molecule has 1 aliphatic heterocycles. The van der Waals surface area contributed by atoms with E-state index in [0.717, 1.165) is 49.8 Å². The molecule has 0 aliphatic carbocycles. The summed E-state index contributed by atoms with van der Waals surface area (Å²) in [6, 6.07) is 6.03. The van der Waals surface area contributed by atoms with Gasteiger partial charge in [0.2, 0.25) is 0 Å². The van der Waals surface area contributed by atoms with Crippen LogP contribution in [0.2, 0.25) is 0 Å². The minimum atomic E-state index is 0.633. The smallest absolute Gasteiger partial charge is 0.165 e. The van der Waals surface area contributed by atoms with Crippen molar-refractivity contribution in [2.75, 3.05) is 33.0 Å². The summed E-state index contributed by atoms with van der Waals surface area (Å²) in [4.78, 5) is 0. The van der Waals surface area contributed by atoms with Crippen LogP contribution in [0.3, 0.4) is 0 Å². The second kappa shape index (κ2) is 7.24. The van der Waals surface area contributed by atoms with Crippen molar-refractivity contribution < 1.29 is 14.2 Å². The number of benzene rings is 1. The van der Waals surface area contributed by atoms with E-state index in [1.54, 1.807) is 0 Å². The summed E-state index contributed by atoms with van der Waals surface area (Å²) in [6.45, 7) is 6.64. The highest BCUT2D eigenvalue weighted by atomic mass is 16.6. The van der Waals surface area contributed by atoms with Gasteiger partial charge in [0.15, 0.2) is 11.5 Å². The summed E-state index contributed by atoms with van der Waals surface area (Å²) < 4.78 is 16.5. The molecule has 1 heterocycles. The van der Waals surface area contributed by atoms with Crippen LogP contribution >= 0.6 is 0 Å². The Morgan fingerprint density at radius 3 is 3.06 bits per heavy atom. The van der Waals surface area contributed by atoms with Gasteiger partial charge in [0.05, 0.1) is 0 Å². The van der Waals surface area contributed by atoms with Gasteiger partial charge < -0.3 is 19.5 Å². The zero-order valence-corrected chi connectivity index (χ0v) is 10.9. The van der Waals surface area contributed by atoms with Gasteiger partial charge in [-0.3, -0.25) is 0 Å². The molecule has 0 atom stereocenters. The molecule has 4 heteroatoms. The highest BCUT2D eigenvalue weighted by Crippen LogP contribution is 2.33. The Hall–Kier alpha value is -1.26. The monoisotopic (exact) mass is 251 g/mol. The second-order valence-corrected chi connectivity index (χ2v) is 4.17. The van der Waals surface area contributed by atoms with Gasteiger partial charge in [0.1, 0.15) is 13.2 Å². The maximum absolute atomic E-state index is 5.66. The molecule has 1 N–H and O–H groups in total. The molecule has 0 unspecified atom stereocenters.